The summed E-state index contributed by atoms with van der Waals surface area (Å²) in [6.07, 6.45) is 2.44. The van der Waals surface area contributed by atoms with E-state index in [-0.39, 0.29) is 11.5 Å². The van der Waals surface area contributed by atoms with Crippen LogP contribution in [0, 0.1) is 0 Å². The molecular formula is C19H18O4. The fourth-order valence-electron chi connectivity index (χ4n) is 2.72. The summed E-state index contributed by atoms with van der Waals surface area (Å²) in [4.78, 5) is 12.5. The predicted molar refractivity (Wildman–Crippen MR) is 88.3 cm³/mol. The van der Waals surface area contributed by atoms with Gasteiger partial charge in [-0.15, -0.1) is 0 Å². The molecule has 1 N–H and O–H groups in total. The van der Waals surface area contributed by atoms with E-state index in [0.717, 1.165) is 16.7 Å². The second-order valence-corrected chi connectivity index (χ2v) is 5.36. The van der Waals surface area contributed by atoms with Crippen molar-refractivity contribution in [3.05, 3.63) is 58.7 Å². The van der Waals surface area contributed by atoms with E-state index < -0.39 is 0 Å². The first-order chi connectivity index (χ1) is 11.1. The molecule has 23 heavy (non-hydrogen) atoms. The number of methoxy groups -OCH3 is 1. The first-order valence-corrected chi connectivity index (χ1v) is 7.50. The summed E-state index contributed by atoms with van der Waals surface area (Å²) in [6, 6.07) is 10.6. The van der Waals surface area contributed by atoms with E-state index in [2.05, 4.69) is 0 Å². The molecule has 0 atom stereocenters. The van der Waals surface area contributed by atoms with Crippen LogP contribution >= 0.6 is 0 Å². The minimum Gasteiger partial charge on any atom is -0.504 e. The zero-order valence-electron chi connectivity index (χ0n) is 13.1. The lowest BCUT2D eigenvalue weighted by molar-refractivity contribution is 0.104. The minimum atomic E-state index is 0.0185. The topological polar surface area (TPSA) is 55.8 Å². The summed E-state index contributed by atoms with van der Waals surface area (Å²) < 4.78 is 10.6. The zero-order valence-corrected chi connectivity index (χ0v) is 13.1. The third-order valence-electron chi connectivity index (χ3n) is 3.86. The standard InChI is InChI=1S/C19H18O4/c1-3-23-18-9-12(4-7-17(18)20)8-14-10-13-5-6-15(22-2)11-16(13)19(14)21/h4-9,11,20H,3,10H2,1-2H3. The van der Waals surface area contributed by atoms with Gasteiger partial charge in [-0.2, -0.15) is 0 Å². The third kappa shape index (κ3) is 2.93. The molecular weight excluding hydrogens is 292 g/mol. The van der Waals surface area contributed by atoms with Gasteiger partial charge in [0.2, 0.25) is 0 Å². The average molecular weight is 310 g/mol. The highest BCUT2D eigenvalue weighted by atomic mass is 16.5. The molecule has 1 aliphatic carbocycles. The highest BCUT2D eigenvalue weighted by Gasteiger charge is 2.25. The number of allylic oxidation sites excluding steroid dienone is 1. The maximum Gasteiger partial charge on any atom is 0.189 e. The molecule has 0 amide bonds. The fraction of sp³-hybridized carbons (Fsp3) is 0.211. The number of aromatic hydroxyl groups is 1. The van der Waals surface area contributed by atoms with Gasteiger partial charge in [0.15, 0.2) is 17.3 Å². The number of hydrogen-bond acceptors (Lipinski definition) is 4. The van der Waals surface area contributed by atoms with Gasteiger partial charge >= 0.3 is 0 Å². The molecule has 1 aliphatic rings. The first kappa shape index (κ1) is 15.2. The molecule has 0 radical (unpaired) electrons. The number of fused-ring (bicyclic) bond motifs is 1. The Morgan fingerprint density at radius 1 is 1.22 bits per heavy atom. The number of Topliss-reactive ketones (excluding diaryl/α,β-unsaturated/α-hetero) is 1. The monoisotopic (exact) mass is 310 g/mol. The largest absolute Gasteiger partial charge is 0.504 e. The molecule has 0 aliphatic heterocycles. The van der Waals surface area contributed by atoms with Crippen LogP contribution in [0.2, 0.25) is 0 Å². The Bertz CT molecular complexity index is 790. The van der Waals surface area contributed by atoms with Gasteiger partial charge in [0, 0.05) is 17.6 Å². The SMILES string of the molecule is CCOc1cc(C=C2Cc3ccc(OC)cc3C2=O)ccc1O. The number of rotatable bonds is 4. The van der Waals surface area contributed by atoms with Gasteiger partial charge in [0.05, 0.1) is 13.7 Å². The van der Waals surface area contributed by atoms with E-state index in [0.29, 0.717) is 30.1 Å². The number of ketones is 1. The molecule has 2 aromatic rings. The van der Waals surface area contributed by atoms with Crippen molar-refractivity contribution in [2.24, 2.45) is 0 Å². The Morgan fingerprint density at radius 3 is 2.78 bits per heavy atom. The van der Waals surface area contributed by atoms with Gasteiger partial charge in [-0.3, -0.25) is 4.79 Å². The van der Waals surface area contributed by atoms with E-state index in [1.807, 2.05) is 25.1 Å². The summed E-state index contributed by atoms with van der Waals surface area (Å²) >= 11 is 0. The smallest absolute Gasteiger partial charge is 0.189 e. The second-order valence-electron chi connectivity index (χ2n) is 5.36. The highest BCUT2D eigenvalue weighted by molar-refractivity contribution is 6.15. The summed E-state index contributed by atoms with van der Waals surface area (Å²) in [5.41, 5.74) is 3.25. The van der Waals surface area contributed by atoms with Crippen molar-refractivity contribution in [2.75, 3.05) is 13.7 Å². The van der Waals surface area contributed by atoms with Gasteiger partial charge in [-0.25, -0.2) is 0 Å². The van der Waals surface area contributed by atoms with Crippen LogP contribution in [0.3, 0.4) is 0 Å². The average Bonchev–Trinajstić information content (AvgIpc) is 2.86. The number of ether oxygens (including phenoxy) is 2. The number of phenolic OH excluding ortho intramolecular Hbond substituents is 1. The van der Waals surface area contributed by atoms with Gasteiger partial charge in [0.25, 0.3) is 0 Å². The fourth-order valence-corrected chi connectivity index (χ4v) is 2.72. The number of hydrogen-bond donors (Lipinski definition) is 1. The van der Waals surface area contributed by atoms with Crippen molar-refractivity contribution in [3.63, 3.8) is 0 Å². The van der Waals surface area contributed by atoms with Crippen molar-refractivity contribution in [1.82, 2.24) is 0 Å². The minimum absolute atomic E-state index is 0.0185. The molecule has 118 valence electrons. The van der Waals surface area contributed by atoms with Crippen molar-refractivity contribution >= 4 is 11.9 Å². The van der Waals surface area contributed by atoms with E-state index in [1.165, 1.54) is 0 Å². The normalized spacial score (nSPS) is 14.9. The molecule has 0 spiro atoms. The van der Waals surface area contributed by atoms with Crippen LogP contribution in [0.5, 0.6) is 17.2 Å². The molecule has 3 rings (SSSR count). The maximum absolute atomic E-state index is 12.5. The summed E-state index contributed by atoms with van der Waals surface area (Å²) in [5.74, 6) is 1.22. The van der Waals surface area contributed by atoms with Gasteiger partial charge < -0.3 is 14.6 Å². The Labute approximate surface area is 135 Å². The number of phenols is 1. The van der Waals surface area contributed by atoms with Crippen LogP contribution in [0.25, 0.3) is 6.08 Å². The summed E-state index contributed by atoms with van der Waals surface area (Å²) in [7, 11) is 1.59. The van der Waals surface area contributed by atoms with Crippen LogP contribution in [0.1, 0.15) is 28.4 Å². The van der Waals surface area contributed by atoms with Crippen molar-refractivity contribution < 1.29 is 19.4 Å². The van der Waals surface area contributed by atoms with Crippen LogP contribution in [0.4, 0.5) is 0 Å². The van der Waals surface area contributed by atoms with E-state index in [4.69, 9.17) is 9.47 Å². The van der Waals surface area contributed by atoms with Gasteiger partial charge in [-0.1, -0.05) is 12.1 Å². The molecule has 0 fully saturated rings. The molecule has 0 saturated carbocycles. The zero-order chi connectivity index (χ0) is 16.4. The van der Waals surface area contributed by atoms with Crippen molar-refractivity contribution in [1.29, 1.82) is 0 Å². The van der Waals surface area contributed by atoms with E-state index in [9.17, 15) is 9.90 Å². The van der Waals surface area contributed by atoms with Crippen LogP contribution in [-0.2, 0) is 6.42 Å². The Kier molecular flexibility index (Phi) is 4.06. The number of carbonyl (C=O) groups excluding carboxylic acids is 1. The van der Waals surface area contributed by atoms with Crippen LogP contribution < -0.4 is 9.47 Å². The van der Waals surface area contributed by atoms with Gasteiger partial charge in [0.1, 0.15) is 5.75 Å². The first-order valence-electron chi connectivity index (χ1n) is 7.50. The lowest BCUT2D eigenvalue weighted by atomic mass is 10.1. The molecule has 4 nitrogen and oxygen atoms in total. The van der Waals surface area contributed by atoms with Crippen LogP contribution in [0.15, 0.2) is 42.0 Å². The van der Waals surface area contributed by atoms with E-state index >= 15 is 0 Å². The Balaban J connectivity index is 1.93. The quantitative estimate of drug-likeness (QED) is 0.876. The Hall–Kier alpha value is -2.75. The number of benzene rings is 2. The lowest BCUT2D eigenvalue weighted by Gasteiger charge is -2.06. The molecule has 0 aromatic heterocycles. The van der Waals surface area contributed by atoms with E-state index in [1.54, 1.807) is 31.4 Å². The second kappa shape index (κ2) is 6.16. The predicted octanol–water partition coefficient (Wildman–Crippen LogP) is 3.62. The highest BCUT2D eigenvalue weighted by Crippen LogP contribution is 2.32. The maximum atomic E-state index is 12.5. The van der Waals surface area contributed by atoms with Gasteiger partial charge in [-0.05, 0) is 48.4 Å². The number of carbonyl (C=O) groups is 1. The molecule has 0 heterocycles. The lowest BCUT2D eigenvalue weighted by Crippen LogP contribution is -1.96. The molecule has 2 aromatic carbocycles. The van der Waals surface area contributed by atoms with Crippen molar-refractivity contribution in [2.45, 2.75) is 13.3 Å². The Morgan fingerprint density at radius 2 is 2.04 bits per heavy atom. The van der Waals surface area contributed by atoms with Crippen molar-refractivity contribution in [3.8, 4) is 17.2 Å². The molecule has 0 unspecified atom stereocenters. The molecule has 0 saturated heterocycles. The van der Waals surface area contributed by atoms with Crippen LogP contribution in [-0.4, -0.2) is 24.6 Å². The third-order valence-corrected chi connectivity index (χ3v) is 3.86. The summed E-state index contributed by atoms with van der Waals surface area (Å²) in [5, 5.41) is 9.75. The summed E-state index contributed by atoms with van der Waals surface area (Å²) in [6.45, 7) is 2.33. The molecule has 0 bridgehead atoms. The molecule has 4 heteroatoms.